The van der Waals surface area contributed by atoms with Crippen molar-refractivity contribution in [3.05, 3.63) is 30.1 Å². The fourth-order valence-electron chi connectivity index (χ4n) is 2.36. The lowest BCUT2D eigenvalue weighted by atomic mass is 9.86. The fourth-order valence-corrected chi connectivity index (χ4v) is 2.36. The zero-order chi connectivity index (χ0) is 15.6. The minimum absolute atomic E-state index is 0.102. The minimum Gasteiger partial charge on any atom is -0.350 e. The molecule has 0 saturated heterocycles. The van der Waals surface area contributed by atoms with E-state index in [2.05, 4.69) is 22.3 Å². The van der Waals surface area contributed by atoms with Crippen molar-refractivity contribution in [1.82, 2.24) is 20.4 Å². The number of aryl methyl sites for hydroxylation is 1. The van der Waals surface area contributed by atoms with Crippen molar-refractivity contribution in [3.63, 3.8) is 0 Å². The number of carbonyl (C=O) groups is 2. The van der Waals surface area contributed by atoms with Crippen LogP contribution < -0.4 is 10.6 Å². The number of amides is 2. The predicted molar refractivity (Wildman–Crippen MR) is 79.9 cm³/mol. The van der Waals surface area contributed by atoms with Crippen LogP contribution in [0, 0.1) is 0 Å². The van der Waals surface area contributed by atoms with Gasteiger partial charge < -0.3 is 10.6 Å². The molecule has 21 heavy (non-hydrogen) atoms. The van der Waals surface area contributed by atoms with E-state index >= 15 is 0 Å². The van der Waals surface area contributed by atoms with E-state index in [4.69, 9.17) is 0 Å². The molecule has 0 unspecified atom stereocenters. The summed E-state index contributed by atoms with van der Waals surface area (Å²) in [6.07, 6.45) is 2.76. The second kappa shape index (κ2) is 6.11. The highest BCUT2D eigenvalue weighted by Gasteiger charge is 2.31. The molecule has 6 heteroatoms. The van der Waals surface area contributed by atoms with Gasteiger partial charge in [-0.3, -0.25) is 14.3 Å². The molecule has 2 rings (SSSR count). The summed E-state index contributed by atoms with van der Waals surface area (Å²) in [7, 11) is 1.77. The summed E-state index contributed by atoms with van der Waals surface area (Å²) in [5, 5.41) is 10.1. The molecular formula is C15H22N4O2. The van der Waals surface area contributed by atoms with Gasteiger partial charge in [-0.05, 0) is 30.9 Å². The summed E-state index contributed by atoms with van der Waals surface area (Å²) >= 11 is 0. The lowest BCUT2D eigenvalue weighted by molar-refractivity contribution is -0.117. The van der Waals surface area contributed by atoms with Gasteiger partial charge in [0, 0.05) is 19.1 Å². The molecule has 1 aliphatic rings. The summed E-state index contributed by atoms with van der Waals surface area (Å²) in [5.74, 6) is 0.00772. The maximum atomic E-state index is 12.2. The van der Waals surface area contributed by atoms with Crippen LogP contribution in [-0.4, -0.2) is 33.7 Å². The highest BCUT2D eigenvalue weighted by atomic mass is 16.2. The Balaban J connectivity index is 1.86. The Hall–Kier alpha value is -2.11. The van der Waals surface area contributed by atoms with Crippen molar-refractivity contribution in [3.8, 4) is 0 Å². The average molecular weight is 290 g/mol. The summed E-state index contributed by atoms with van der Waals surface area (Å²) in [5.41, 5.74) is 1.48. The third kappa shape index (κ3) is 3.51. The summed E-state index contributed by atoms with van der Waals surface area (Å²) in [6, 6.07) is 2.05. The van der Waals surface area contributed by atoms with Gasteiger partial charge in [0.1, 0.15) is 5.69 Å². The first-order chi connectivity index (χ1) is 9.90. The molecule has 0 atom stereocenters. The Morgan fingerprint density at radius 3 is 2.52 bits per heavy atom. The number of nitrogens with one attached hydrogen (secondary N) is 2. The van der Waals surface area contributed by atoms with Gasteiger partial charge in [-0.25, -0.2) is 0 Å². The SMILES string of the molecule is C=CC(=O)NC1CC(NC(=O)c2cc(C(C)C)nn2C)C1. The largest absolute Gasteiger partial charge is 0.350 e. The minimum atomic E-state index is -0.169. The fraction of sp³-hybridized carbons (Fsp3) is 0.533. The van der Waals surface area contributed by atoms with Crippen LogP contribution in [0.3, 0.4) is 0 Å². The van der Waals surface area contributed by atoms with Crippen LogP contribution in [0.2, 0.25) is 0 Å². The Morgan fingerprint density at radius 1 is 1.38 bits per heavy atom. The van der Waals surface area contributed by atoms with Gasteiger partial charge in [-0.1, -0.05) is 20.4 Å². The number of hydrogen-bond acceptors (Lipinski definition) is 3. The molecule has 1 heterocycles. The molecule has 2 N–H and O–H groups in total. The van der Waals surface area contributed by atoms with Crippen molar-refractivity contribution in [2.24, 2.45) is 7.05 Å². The van der Waals surface area contributed by atoms with Gasteiger partial charge in [0.15, 0.2) is 0 Å². The summed E-state index contributed by atoms with van der Waals surface area (Å²) in [4.78, 5) is 23.4. The van der Waals surface area contributed by atoms with E-state index in [0.717, 1.165) is 18.5 Å². The highest BCUT2D eigenvalue weighted by Crippen LogP contribution is 2.21. The summed E-state index contributed by atoms with van der Waals surface area (Å²) < 4.78 is 1.61. The van der Waals surface area contributed by atoms with Gasteiger partial charge >= 0.3 is 0 Å². The third-order valence-corrected chi connectivity index (χ3v) is 3.73. The lowest BCUT2D eigenvalue weighted by Gasteiger charge is -2.35. The number of nitrogens with zero attached hydrogens (tertiary/aromatic N) is 2. The number of hydrogen-bond donors (Lipinski definition) is 2. The Labute approximate surface area is 124 Å². The number of aromatic nitrogens is 2. The zero-order valence-electron chi connectivity index (χ0n) is 12.7. The summed E-state index contributed by atoms with van der Waals surface area (Å²) in [6.45, 7) is 7.50. The van der Waals surface area contributed by atoms with Gasteiger partial charge in [-0.15, -0.1) is 0 Å². The average Bonchev–Trinajstić information content (AvgIpc) is 2.78. The monoisotopic (exact) mass is 290 g/mol. The third-order valence-electron chi connectivity index (χ3n) is 3.73. The van der Waals surface area contributed by atoms with E-state index in [0.29, 0.717) is 11.6 Å². The van der Waals surface area contributed by atoms with Crippen LogP contribution in [-0.2, 0) is 11.8 Å². The van der Waals surface area contributed by atoms with Crippen molar-refractivity contribution in [2.45, 2.75) is 44.7 Å². The first kappa shape index (κ1) is 15.3. The second-order valence-corrected chi connectivity index (χ2v) is 5.78. The number of rotatable bonds is 5. The van der Waals surface area contributed by atoms with Gasteiger partial charge in [0.05, 0.1) is 5.69 Å². The van der Waals surface area contributed by atoms with Crippen LogP contribution in [0.5, 0.6) is 0 Å². The van der Waals surface area contributed by atoms with Gasteiger partial charge in [0.2, 0.25) is 5.91 Å². The Kier molecular flexibility index (Phi) is 4.45. The zero-order valence-corrected chi connectivity index (χ0v) is 12.7. The quantitative estimate of drug-likeness (QED) is 0.798. The van der Waals surface area contributed by atoms with Crippen LogP contribution in [0.1, 0.15) is 48.8 Å². The highest BCUT2D eigenvalue weighted by molar-refractivity contribution is 5.93. The topological polar surface area (TPSA) is 76.0 Å². The molecule has 1 aromatic heterocycles. The first-order valence-electron chi connectivity index (χ1n) is 7.18. The molecule has 0 radical (unpaired) electrons. The molecule has 1 aliphatic carbocycles. The molecule has 2 amide bonds. The number of carbonyl (C=O) groups excluding carboxylic acids is 2. The van der Waals surface area contributed by atoms with Crippen LogP contribution in [0.15, 0.2) is 18.7 Å². The molecule has 0 bridgehead atoms. The first-order valence-corrected chi connectivity index (χ1v) is 7.18. The molecule has 0 spiro atoms. The normalized spacial score (nSPS) is 20.8. The smallest absolute Gasteiger partial charge is 0.269 e. The maximum absolute atomic E-state index is 12.2. The van der Waals surface area contributed by atoms with Crippen molar-refractivity contribution in [1.29, 1.82) is 0 Å². The van der Waals surface area contributed by atoms with E-state index in [1.54, 1.807) is 11.7 Å². The van der Waals surface area contributed by atoms with Crippen LogP contribution >= 0.6 is 0 Å². The molecule has 114 valence electrons. The molecule has 1 fully saturated rings. The standard InChI is InChI=1S/C15H22N4O2/c1-5-14(20)16-10-6-11(7-10)17-15(21)13-8-12(9(2)3)18-19(13)4/h5,8-11H,1,6-7H2,2-4H3,(H,16,20)(H,17,21). The van der Waals surface area contributed by atoms with Crippen molar-refractivity contribution < 1.29 is 9.59 Å². The van der Waals surface area contributed by atoms with Crippen molar-refractivity contribution in [2.75, 3.05) is 0 Å². The lowest BCUT2D eigenvalue weighted by Crippen LogP contribution is -2.53. The van der Waals surface area contributed by atoms with E-state index in [9.17, 15) is 9.59 Å². The Morgan fingerprint density at radius 2 is 2.00 bits per heavy atom. The van der Waals surface area contributed by atoms with E-state index in [1.807, 2.05) is 19.9 Å². The van der Waals surface area contributed by atoms with Gasteiger partial charge in [-0.2, -0.15) is 5.10 Å². The predicted octanol–water partition coefficient (Wildman–Crippen LogP) is 1.11. The molecule has 0 aromatic carbocycles. The van der Waals surface area contributed by atoms with Crippen LogP contribution in [0.25, 0.3) is 0 Å². The molecule has 1 aromatic rings. The second-order valence-electron chi connectivity index (χ2n) is 5.78. The van der Waals surface area contributed by atoms with Crippen molar-refractivity contribution >= 4 is 11.8 Å². The molecule has 0 aliphatic heterocycles. The van der Waals surface area contributed by atoms with Gasteiger partial charge in [0.25, 0.3) is 5.91 Å². The van der Waals surface area contributed by atoms with E-state index in [-0.39, 0.29) is 23.9 Å². The van der Waals surface area contributed by atoms with E-state index < -0.39 is 0 Å². The Bertz CT molecular complexity index is 556. The maximum Gasteiger partial charge on any atom is 0.269 e. The molecule has 6 nitrogen and oxygen atoms in total. The molecule has 1 saturated carbocycles. The van der Waals surface area contributed by atoms with E-state index in [1.165, 1.54) is 6.08 Å². The molecular weight excluding hydrogens is 268 g/mol. The van der Waals surface area contributed by atoms with Crippen LogP contribution in [0.4, 0.5) is 0 Å².